The van der Waals surface area contributed by atoms with E-state index in [1.165, 1.54) is 55.9 Å². The van der Waals surface area contributed by atoms with Crippen LogP contribution >= 0.6 is 11.8 Å². The average molecular weight is 280 g/mol. The summed E-state index contributed by atoms with van der Waals surface area (Å²) in [7, 11) is 0. The predicted molar refractivity (Wildman–Crippen MR) is 84.8 cm³/mol. The molecule has 0 aromatic heterocycles. The van der Waals surface area contributed by atoms with Crippen LogP contribution < -0.4 is 5.32 Å². The number of amidine groups is 1. The van der Waals surface area contributed by atoms with E-state index in [1.807, 2.05) is 11.8 Å². The van der Waals surface area contributed by atoms with Crippen molar-refractivity contribution in [2.75, 3.05) is 5.75 Å². The fraction of sp³-hybridized carbons (Fsp3) is 0.938. The number of rotatable bonds is 1. The van der Waals surface area contributed by atoms with Crippen LogP contribution in [0.15, 0.2) is 4.99 Å². The summed E-state index contributed by atoms with van der Waals surface area (Å²) in [5.74, 6) is 2.12. The Morgan fingerprint density at radius 1 is 1.21 bits per heavy atom. The molecule has 0 aromatic carbocycles. The summed E-state index contributed by atoms with van der Waals surface area (Å²) in [6, 6.07) is 0.571. The fourth-order valence-electron chi connectivity index (χ4n) is 4.16. The number of nitrogens with zero attached hydrogens (tertiary/aromatic N) is 1. The third kappa shape index (κ3) is 3.12. The van der Waals surface area contributed by atoms with Gasteiger partial charge in [-0.1, -0.05) is 45.4 Å². The van der Waals surface area contributed by atoms with E-state index in [1.54, 1.807) is 0 Å². The van der Waals surface area contributed by atoms with Gasteiger partial charge in [-0.15, -0.1) is 0 Å². The lowest BCUT2D eigenvalue weighted by Gasteiger charge is -2.36. The van der Waals surface area contributed by atoms with E-state index in [4.69, 9.17) is 4.99 Å². The van der Waals surface area contributed by atoms with Crippen LogP contribution in [0.5, 0.6) is 0 Å². The molecule has 1 N–H and O–H groups in total. The molecule has 1 saturated heterocycles. The van der Waals surface area contributed by atoms with Gasteiger partial charge in [0.15, 0.2) is 5.17 Å². The van der Waals surface area contributed by atoms with Crippen LogP contribution in [0.25, 0.3) is 0 Å². The van der Waals surface area contributed by atoms with Crippen LogP contribution in [0.4, 0.5) is 0 Å². The van der Waals surface area contributed by atoms with Crippen molar-refractivity contribution < 1.29 is 0 Å². The summed E-state index contributed by atoms with van der Waals surface area (Å²) in [5, 5.41) is 5.05. The molecule has 2 nitrogen and oxygen atoms in total. The summed E-state index contributed by atoms with van der Waals surface area (Å²) >= 11 is 1.98. The largest absolute Gasteiger partial charge is 0.359 e. The van der Waals surface area contributed by atoms with Gasteiger partial charge in [-0.3, -0.25) is 4.99 Å². The first kappa shape index (κ1) is 13.8. The highest BCUT2D eigenvalue weighted by Gasteiger charge is 2.41. The lowest BCUT2D eigenvalue weighted by atomic mass is 9.78. The number of hydrogen-bond acceptors (Lipinski definition) is 2. The third-order valence-corrected chi connectivity index (χ3v) is 6.37. The first-order valence-corrected chi connectivity index (χ1v) is 8.94. The van der Waals surface area contributed by atoms with Gasteiger partial charge in [-0.05, 0) is 43.4 Å². The van der Waals surface area contributed by atoms with Crippen molar-refractivity contribution in [3.05, 3.63) is 0 Å². The van der Waals surface area contributed by atoms with E-state index >= 15 is 0 Å². The molecule has 3 fully saturated rings. The Bertz CT molecular complexity index is 377. The van der Waals surface area contributed by atoms with Gasteiger partial charge in [0.1, 0.15) is 0 Å². The second-order valence-electron chi connectivity index (χ2n) is 7.89. The molecule has 1 heterocycles. The third-order valence-electron chi connectivity index (χ3n) is 5.19. The van der Waals surface area contributed by atoms with E-state index < -0.39 is 0 Å². The van der Waals surface area contributed by atoms with Crippen LogP contribution in [-0.2, 0) is 0 Å². The predicted octanol–water partition coefficient (Wildman–Crippen LogP) is 4.21. The molecule has 0 radical (unpaired) electrons. The Hall–Kier alpha value is -0.180. The topological polar surface area (TPSA) is 24.4 Å². The van der Waals surface area contributed by atoms with Gasteiger partial charge < -0.3 is 5.32 Å². The van der Waals surface area contributed by atoms with Gasteiger partial charge in [0.05, 0.1) is 6.04 Å². The molecule has 3 atom stereocenters. The molecule has 2 aliphatic carbocycles. The van der Waals surface area contributed by atoms with Gasteiger partial charge in [0, 0.05) is 11.3 Å². The highest BCUT2D eigenvalue weighted by molar-refractivity contribution is 8.14. The summed E-state index contributed by atoms with van der Waals surface area (Å²) in [6.07, 6.45) is 9.37. The van der Waals surface area contributed by atoms with Crippen LogP contribution in [0, 0.1) is 11.3 Å². The van der Waals surface area contributed by atoms with Crippen molar-refractivity contribution in [3.8, 4) is 0 Å². The van der Waals surface area contributed by atoms with Crippen molar-refractivity contribution >= 4 is 16.9 Å². The van der Waals surface area contributed by atoms with Crippen molar-refractivity contribution in [3.63, 3.8) is 0 Å². The molecule has 0 aromatic rings. The maximum atomic E-state index is 5.01. The van der Waals surface area contributed by atoms with Gasteiger partial charge in [0.25, 0.3) is 0 Å². The van der Waals surface area contributed by atoms with Gasteiger partial charge >= 0.3 is 0 Å². The second kappa shape index (κ2) is 4.98. The Labute approximate surface area is 122 Å². The van der Waals surface area contributed by atoms with Crippen LogP contribution in [-0.4, -0.2) is 22.5 Å². The smallest absolute Gasteiger partial charge is 0.157 e. The minimum Gasteiger partial charge on any atom is -0.359 e. The van der Waals surface area contributed by atoms with Crippen molar-refractivity contribution in [1.29, 1.82) is 0 Å². The van der Waals surface area contributed by atoms with Crippen LogP contribution in [0.2, 0.25) is 0 Å². The first-order chi connectivity index (χ1) is 8.96. The Morgan fingerprint density at radius 3 is 2.74 bits per heavy atom. The Balaban J connectivity index is 1.62. The summed E-state index contributed by atoms with van der Waals surface area (Å²) in [5.41, 5.74) is 0.893. The molecule has 108 valence electrons. The zero-order chi connectivity index (χ0) is 13.5. The molecule has 3 aliphatic rings. The molecule has 1 spiro atoms. The summed E-state index contributed by atoms with van der Waals surface area (Å²) in [4.78, 5) is 5.01. The first-order valence-electron chi connectivity index (χ1n) is 7.95. The molecule has 0 amide bonds. The number of nitrogens with one attached hydrogen (secondary N) is 1. The highest BCUT2D eigenvalue weighted by atomic mass is 32.2. The quantitative estimate of drug-likeness (QED) is 0.778. The van der Waals surface area contributed by atoms with Gasteiger partial charge in [-0.25, -0.2) is 0 Å². The minimum absolute atomic E-state index is 0.384. The molecular weight excluding hydrogens is 252 g/mol. The summed E-state index contributed by atoms with van der Waals surface area (Å²) < 4.78 is 0. The van der Waals surface area contributed by atoms with E-state index in [-0.39, 0.29) is 0 Å². The van der Waals surface area contributed by atoms with Crippen molar-refractivity contribution in [2.45, 2.75) is 77.3 Å². The SMILES string of the molecule is CC1CCCC2(CSC(=NC3CCC(C)(C)C3)N2)C1. The Morgan fingerprint density at radius 2 is 2.05 bits per heavy atom. The van der Waals surface area contributed by atoms with Crippen molar-refractivity contribution in [1.82, 2.24) is 5.32 Å². The van der Waals surface area contributed by atoms with Gasteiger partial charge in [0.2, 0.25) is 0 Å². The molecule has 3 heteroatoms. The molecule has 3 rings (SSSR count). The molecular formula is C16H28N2S. The number of aliphatic imine (C=N–C) groups is 1. The van der Waals surface area contributed by atoms with Crippen LogP contribution in [0.1, 0.15) is 65.7 Å². The molecule has 2 saturated carbocycles. The fourth-order valence-corrected chi connectivity index (χ4v) is 5.41. The minimum atomic E-state index is 0.384. The van der Waals surface area contributed by atoms with E-state index in [0.717, 1.165) is 5.92 Å². The Kier molecular flexibility index (Phi) is 3.61. The van der Waals surface area contributed by atoms with E-state index in [0.29, 0.717) is 17.0 Å². The van der Waals surface area contributed by atoms with E-state index in [2.05, 4.69) is 26.1 Å². The summed E-state index contributed by atoms with van der Waals surface area (Å²) in [6.45, 7) is 7.17. The molecule has 3 unspecified atom stereocenters. The maximum Gasteiger partial charge on any atom is 0.157 e. The molecule has 0 bridgehead atoms. The molecule has 1 aliphatic heterocycles. The highest BCUT2D eigenvalue weighted by Crippen LogP contribution is 2.41. The standard InChI is InChI=1S/C16H28N2S/c1-12-5-4-7-16(9-12)11-19-14(18-16)17-13-6-8-15(2,3)10-13/h12-13H,4-11H2,1-3H3,(H,17,18). The second-order valence-corrected chi connectivity index (χ2v) is 8.85. The van der Waals surface area contributed by atoms with E-state index in [9.17, 15) is 0 Å². The lowest BCUT2D eigenvalue weighted by Crippen LogP contribution is -2.47. The molecule has 19 heavy (non-hydrogen) atoms. The average Bonchev–Trinajstić information content (AvgIpc) is 2.84. The maximum absolute atomic E-state index is 5.01. The zero-order valence-electron chi connectivity index (χ0n) is 12.7. The zero-order valence-corrected chi connectivity index (χ0v) is 13.5. The van der Waals surface area contributed by atoms with Crippen LogP contribution in [0.3, 0.4) is 0 Å². The van der Waals surface area contributed by atoms with Crippen molar-refractivity contribution in [2.24, 2.45) is 16.3 Å². The monoisotopic (exact) mass is 280 g/mol. The number of hydrogen-bond donors (Lipinski definition) is 1. The lowest BCUT2D eigenvalue weighted by molar-refractivity contribution is 0.242. The van der Waals surface area contributed by atoms with Gasteiger partial charge in [-0.2, -0.15) is 0 Å². The number of thioether (sulfide) groups is 1. The normalized spacial score (nSPS) is 43.8.